The van der Waals surface area contributed by atoms with Crippen molar-refractivity contribution in [3.63, 3.8) is 0 Å². The summed E-state index contributed by atoms with van der Waals surface area (Å²) in [5.74, 6) is 0.839. The third-order valence-electron chi connectivity index (χ3n) is 3.14. The van der Waals surface area contributed by atoms with Crippen molar-refractivity contribution >= 4 is 16.7 Å². The van der Waals surface area contributed by atoms with E-state index in [4.69, 9.17) is 9.62 Å². The lowest BCUT2D eigenvalue weighted by Gasteiger charge is -1.97. The third-order valence-corrected chi connectivity index (χ3v) is 3.14. The summed E-state index contributed by atoms with van der Waals surface area (Å²) >= 11 is 0. The van der Waals surface area contributed by atoms with Crippen LogP contribution >= 0.6 is 0 Å². The van der Waals surface area contributed by atoms with Crippen LogP contribution in [-0.4, -0.2) is 10.9 Å². The molecule has 0 aliphatic carbocycles. The molecule has 1 N–H and O–H groups in total. The van der Waals surface area contributed by atoms with E-state index in [2.05, 4.69) is 5.16 Å². The first-order valence-electron chi connectivity index (χ1n) is 6.06. The zero-order valence-corrected chi connectivity index (χ0v) is 10.5. The summed E-state index contributed by atoms with van der Waals surface area (Å²) in [7, 11) is 0. The first-order chi connectivity index (χ1) is 9.28. The predicted molar refractivity (Wildman–Crippen MR) is 75.6 cm³/mol. The molecular weight excluding hydrogens is 238 g/mol. The minimum absolute atomic E-state index is 0.587. The monoisotopic (exact) mass is 251 g/mol. The molecule has 3 rings (SSSR count). The fourth-order valence-corrected chi connectivity index (χ4v) is 2.07. The molecule has 1 aromatic heterocycles. The lowest BCUT2D eigenvalue weighted by Crippen LogP contribution is -1.92. The molecular formula is C16H13NO2. The number of hydrogen-bond acceptors (Lipinski definition) is 3. The van der Waals surface area contributed by atoms with Crippen molar-refractivity contribution < 1.29 is 9.62 Å². The Bertz CT molecular complexity index is 742. The van der Waals surface area contributed by atoms with Crippen LogP contribution in [0.2, 0.25) is 0 Å². The summed E-state index contributed by atoms with van der Waals surface area (Å²) in [4.78, 5) is 0. The Kier molecular flexibility index (Phi) is 2.80. The van der Waals surface area contributed by atoms with Crippen LogP contribution in [0.5, 0.6) is 0 Å². The van der Waals surface area contributed by atoms with Gasteiger partial charge in [0.25, 0.3) is 0 Å². The minimum atomic E-state index is 0.587. The van der Waals surface area contributed by atoms with Crippen molar-refractivity contribution in [1.82, 2.24) is 0 Å². The summed E-state index contributed by atoms with van der Waals surface area (Å²) in [6.07, 6.45) is 0. The predicted octanol–water partition coefficient (Wildman–Crippen LogP) is 4.30. The van der Waals surface area contributed by atoms with Gasteiger partial charge in [0, 0.05) is 10.9 Å². The Morgan fingerprint density at radius 3 is 2.58 bits per heavy atom. The van der Waals surface area contributed by atoms with Gasteiger partial charge in [0.15, 0.2) is 0 Å². The molecule has 0 aliphatic heterocycles. The smallest absolute Gasteiger partial charge is 0.135 e. The fourth-order valence-electron chi connectivity index (χ4n) is 2.07. The van der Waals surface area contributed by atoms with Crippen LogP contribution in [0.15, 0.2) is 64.2 Å². The quantitative estimate of drug-likeness (QED) is 0.419. The summed E-state index contributed by atoms with van der Waals surface area (Å²) in [6, 6.07) is 17.7. The van der Waals surface area contributed by atoms with Crippen molar-refractivity contribution in [3.05, 3.63) is 60.2 Å². The highest BCUT2D eigenvalue weighted by molar-refractivity contribution is 6.01. The average Bonchev–Trinajstić information content (AvgIpc) is 2.90. The van der Waals surface area contributed by atoms with Crippen molar-refractivity contribution in [2.24, 2.45) is 5.16 Å². The Balaban J connectivity index is 2.11. The number of hydrogen-bond donors (Lipinski definition) is 1. The Labute approximate surface area is 110 Å². The van der Waals surface area contributed by atoms with Crippen molar-refractivity contribution in [1.29, 1.82) is 0 Å². The fraction of sp³-hybridized carbons (Fsp3) is 0.0625. The van der Waals surface area contributed by atoms with E-state index in [-0.39, 0.29) is 0 Å². The molecule has 0 aliphatic rings. The molecule has 0 atom stereocenters. The van der Waals surface area contributed by atoms with Crippen LogP contribution < -0.4 is 0 Å². The first-order valence-corrected chi connectivity index (χ1v) is 6.06. The van der Waals surface area contributed by atoms with Gasteiger partial charge in [0.05, 0.1) is 5.71 Å². The van der Waals surface area contributed by atoms with Crippen LogP contribution in [0.25, 0.3) is 22.3 Å². The van der Waals surface area contributed by atoms with Crippen LogP contribution in [0.1, 0.15) is 12.5 Å². The SMILES string of the molecule is C/C(=N\O)c1ccc2oc(-c3ccccc3)cc2c1. The van der Waals surface area contributed by atoms with E-state index in [9.17, 15) is 0 Å². The first kappa shape index (κ1) is 11.5. The molecule has 19 heavy (non-hydrogen) atoms. The largest absolute Gasteiger partial charge is 0.456 e. The number of rotatable bonds is 2. The van der Waals surface area contributed by atoms with E-state index >= 15 is 0 Å². The number of fused-ring (bicyclic) bond motifs is 1. The molecule has 0 spiro atoms. The van der Waals surface area contributed by atoms with Crippen molar-refractivity contribution in [2.45, 2.75) is 6.92 Å². The number of benzene rings is 2. The van der Waals surface area contributed by atoms with Gasteiger partial charge >= 0.3 is 0 Å². The molecule has 3 nitrogen and oxygen atoms in total. The Morgan fingerprint density at radius 1 is 1.05 bits per heavy atom. The number of nitrogens with zero attached hydrogens (tertiary/aromatic N) is 1. The van der Waals surface area contributed by atoms with E-state index in [1.54, 1.807) is 6.92 Å². The lowest BCUT2D eigenvalue weighted by atomic mass is 10.1. The van der Waals surface area contributed by atoms with Gasteiger partial charge < -0.3 is 9.62 Å². The molecule has 1 heterocycles. The van der Waals surface area contributed by atoms with E-state index in [1.165, 1.54) is 0 Å². The second-order valence-electron chi connectivity index (χ2n) is 4.41. The van der Waals surface area contributed by atoms with Crippen LogP contribution in [0, 0.1) is 0 Å². The highest BCUT2D eigenvalue weighted by atomic mass is 16.4. The highest BCUT2D eigenvalue weighted by Crippen LogP contribution is 2.28. The summed E-state index contributed by atoms with van der Waals surface area (Å²) in [5, 5.41) is 13.0. The molecule has 94 valence electrons. The standard InChI is InChI=1S/C16H13NO2/c1-11(17-18)13-7-8-15-14(9-13)10-16(19-15)12-5-3-2-4-6-12/h2-10,18H,1H3/b17-11+. The minimum Gasteiger partial charge on any atom is -0.456 e. The maximum Gasteiger partial charge on any atom is 0.135 e. The maximum atomic E-state index is 8.81. The average molecular weight is 251 g/mol. The van der Waals surface area contributed by atoms with Crippen LogP contribution in [0.4, 0.5) is 0 Å². The van der Waals surface area contributed by atoms with Gasteiger partial charge in [-0.2, -0.15) is 0 Å². The maximum absolute atomic E-state index is 8.81. The molecule has 3 heteroatoms. The molecule has 0 bridgehead atoms. The molecule has 0 radical (unpaired) electrons. The lowest BCUT2D eigenvalue weighted by molar-refractivity contribution is 0.319. The van der Waals surface area contributed by atoms with Gasteiger partial charge in [0.1, 0.15) is 11.3 Å². The Hall–Kier alpha value is -2.55. The highest BCUT2D eigenvalue weighted by Gasteiger charge is 2.07. The van der Waals surface area contributed by atoms with Gasteiger partial charge in [-0.05, 0) is 36.8 Å². The summed E-state index contributed by atoms with van der Waals surface area (Å²) in [5.41, 5.74) is 3.35. The van der Waals surface area contributed by atoms with Crippen molar-refractivity contribution in [3.8, 4) is 11.3 Å². The second-order valence-corrected chi connectivity index (χ2v) is 4.41. The molecule has 0 amide bonds. The van der Waals surface area contributed by atoms with Gasteiger partial charge in [-0.25, -0.2) is 0 Å². The summed E-state index contributed by atoms with van der Waals surface area (Å²) < 4.78 is 5.82. The summed E-state index contributed by atoms with van der Waals surface area (Å²) in [6.45, 7) is 1.76. The molecule has 0 saturated heterocycles. The van der Waals surface area contributed by atoms with Crippen LogP contribution in [-0.2, 0) is 0 Å². The molecule has 2 aromatic carbocycles. The van der Waals surface area contributed by atoms with Crippen molar-refractivity contribution in [2.75, 3.05) is 0 Å². The Morgan fingerprint density at radius 2 is 1.84 bits per heavy atom. The zero-order chi connectivity index (χ0) is 13.2. The van der Waals surface area contributed by atoms with Gasteiger partial charge in [-0.3, -0.25) is 0 Å². The van der Waals surface area contributed by atoms with Gasteiger partial charge in [0.2, 0.25) is 0 Å². The normalized spacial score (nSPS) is 11.9. The second kappa shape index (κ2) is 4.61. The van der Waals surface area contributed by atoms with Crippen LogP contribution in [0.3, 0.4) is 0 Å². The molecule has 0 fully saturated rings. The topological polar surface area (TPSA) is 45.7 Å². The van der Waals surface area contributed by atoms with E-state index < -0.39 is 0 Å². The molecule has 0 saturated carbocycles. The third kappa shape index (κ3) is 2.10. The van der Waals surface area contributed by atoms with E-state index in [0.717, 1.165) is 27.9 Å². The van der Waals surface area contributed by atoms with Gasteiger partial charge in [-0.15, -0.1) is 0 Å². The van der Waals surface area contributed by atoms with E-state index in [0.29, 0.717) is 5.71 Å². The van der Waals surface area contributed by atoms with E-state index in [1.807, 2.05) is 54.6 Å². The molecule has 0 unspecified atom stereocenters. The number of oxime groups is 1. The van der Waals surface area contributed by atoms with Gasteiger partial charge in [-0.1, -0.05) is 35.5 Å². The molecule has 3 aromatic rings. The number of furan rings is 1. The zero-order valence-electron chi connectivity index (χ0n) is 10.5.